The third-order valence-electron chi connectivity index (χ3n) is 3.01. The Labute approximate surface area is 124 Å². The maximum Gasteiger partial charge on any atom is 0.254 e. The summed E-state index contributed by atoms with van der Waals surface area (Å²) in [7, 11) is 1.73. The Balaban J connectivity index is 2.05. The SMILES string of the molecule is CN1CC(NC(=O)c2cc(Br)cnc2Cl)CCC1=O. The van der Waals surface area contributed by atoms with Gasteiger partial charge in [-0.2, -0.15) is 0 Å². The molecule has 1 aromatic rings. The van der Waals surface area contributed by atoms with Gasteiger partial charge in [-0.05, 0) is 28.4 Å². The van der Waals surface area contributed by atoms with E-state index in [1.807, 2.05) is 0 Å². The van der Waals surface area contributed by atoms with Gasteiger partial charge in [0.05, 0.1) is 5.56 Å². The second kappa shape index (κ2) is 5.88. The van der Waals surface area contributed by atoms with Crippen molar-refractivity contribution in [2.45, 2.75) is 18.9 Å². The lowest BCUT2D eigenvalue weighted by Gasteiger charge is -2.30. The Morgan fingerprint density at radius 1 is 1.63 bits per heavy atom. The topological polar surface area (TPSA) is 62.3 Å². The minimum absolute atomic E-state index is 0.0507. The first-order valence-corrected chi connectivity index (χ1v) is 7.00. The van der Waals surface area contributed by atoms with Gasteiger partial charge in [-0.15, -0.1) is 0 Å². The Kier molecular flexibility index (Phi) is 4.42. The lowest BCUT2D eigenvalue weighted by atomic mass is 10.1. The van der Waals surface area contributed by atoms with E-state index in [4.69, 9.17) is 11.6 Å². The highest BCUT2D eigenvalue weighted by atomic mass is 79.9. The lowest BCUT2D eigenvalue weighted by Crippen LogP contribution is -2.48. The van der Waals surface area contributed by atoms with Crippen LogP contribution in [0.5, 0.6) is 0 Å². The number of nitrogens with zero attached hydrogens (tertiary/aromatic N) is 2. The highest BCUT2D eigenvalue weighted by Gasteiger charge is 2.25. The van der Waals surface area contributed by atoms with Crippen LogP contribution in [0.3, 0.4) is 0 Å². The van der Waals surface area contributed by atoms with E-state index in [0.717, 1.165) is 0 Å². The van der Waals surface area contributed by atoms with Gasteiger partial charge in [0.1, 0.15) is 5.15 Å². The molecule has 1 atom stereocenters. The minimum atomic E-state index is -0.272. The standard InChI is InChI=1S/C12H13BrClN3O2/c1-17-6-8(2-3-10(17)18)16-12(19)9-4-7(13)5-15-11(9)14/h4-5,8H,2-3,6H2,1H3,(H,16,19). The predicted molar refractivity (Wildman–Crippen MR) is 75.1 cm³/mol. The molecule has 0 spiro atoms. The number of piperidine rings is 1. The summed E-state index contributed by atoms with van der Waals surface area (Å²) in [5.41, 5.74) is 0.329. The number of aromatic nitrogens is 1. The Morgan fingerprint density at radius 3 is 3.05 bits per heavy atom. The number of pyridine rings is 1. The fraction of sp³-hybridized carbons (Fsp3) is 0.417. The Hall–Kier alpha value is -1.14. The first-order chi connectivity index (χ1) is 8.97. The summed E-state index contributed by atoms with van der Waals surface area (Å²) in [6, 6.07) is 1.58. The van der Waals surface area contributed by atoms with Crippen molar-refractivity contribution in [2.24, 2.45) is 0 Å². The summed E-state index contributed by atoms with van der Waals surface area (Å²) in [6.45, 7) is 0.517. The molecule has 1 saturated heterocycles. The molecule has 0 radical (unpaired) electrons. The normalized spacial score (nSPS) is 19.4. The van der Waals surface area contributed by atoms with Crippen LogP contribution in [0.2, 0.25) is 5.15 Å². The average Bonchev–Trinajstić information content (AvgIpc) is 2.36. The van der Waals surface area contributed by atoms with Gasteiger partial charge in [0.25, 0.3) is 5.91 Å². The number of likely N-dealkylation sites (tertiary alicyclic amines) is 1. The van der Waals surface area contributed by atoms with E-state index in [2.05, 4.69) is 26.2 Å². The van der Waals surface area contributed by atoms with E-state index in [-0.39, 0.29) is 23.0 Å². The minimum Gasteiger partial charge on any atom is -0.347 e. The fourth-order valence-corrected chi connectivity index (χ4v) is 2.50. The molecule has 102 valence electrons. The summed E-state index contributed by atoms with van der Waals surface area (Å²) in [5, 5.41) is 3.04. The summed E-state index contributed by atoms with van der Waals surface area (Å²) >= 11 is 9.16. The molecule has 1 aliphatic heterocycles. The first-order valence-electron chi connectivity index (χ1n) is 5.83. The molecular weight excluding hydrogens is 334 g/mol. The van der Waals surface area contributed by atoms with Gasteiger partial charge >= 0.3 is 0 Å². The largest absolute Gasteiger partial charge is 0.347 e. The van der Waals surface area contributed by atoms with Gasteiger partial charge in [-0.25, -0.2) is 4.98 Å². The number of carbonyl (C=O) groups excluding carboxylic acids is 2. The molecule has 1 unspecified atom stereocenters. The second-order valence-corrected chi connectivity index (χ2v) is 5.75. The van der Waals surface area contributed by atoms with Crippen LogP contribution in [0.4, 0.5) is 0 Å². The Morgan fingerprint density at radius 2 is 2.37 bits per heavy atom. The monoisotopic (exact) mass is 345 g/mol. The van der Waals surface area contributed by atoms with Crippen molar-refractivity contribution in [3.8, 4) is 0 Å². The van der Waals surface area contributed by atoms with E-state index >= 15 is 0 Å². The van der Waals surface area contributed by atoms with Crippen molar-refractivity contribution >= 4 is 39.3 Å². The molecule has 5 nitrogen and oxygen atoms in total. The number of rotatable bonds is 2. The molecule has 0 bridgehead atoms. The van der Waals surface area contributed by atoms with E-state index in [9.17, 15) is 9.59 Å². The highest BCUT2D eigenvalue weighted by Crippen LogP contribution is 2.18. The van der Waals surface area contributed by atoms with Crippen molar-refractivity contribution in [1.82, 2.24) is 15.2 Å². The van der Waals surface area contributed by atoms with E-state index < -0.39 is 0 Å². The fourth-order valence-electron chi connectivity index (χ4n) is 1.98. The lowest BCUT2D eigenvalue weighted by molar-refractivity contribution is -0.132. The van der Waals surface area contributed by atoms with Gasteiger partial charge in [-0.1, -0.05) is 11.6 Å². The van der Waals surface area contributed by atoms with Crippen LogP contribution in [0.15, 0.2) is 16.7 Å². The van der Waals surface area contributed by atoms with Gasteiger partial charge in [0, 0.05) is 36.7 Å². The maximum atomic E-state index is 12.1. The molecule has 0 aliphatic carbocycles. The highest BCUT2D eigenvalue weighted by molar-refractivity contribution is 9.10. The number of likely N-dealkylation sites (N-methyl/N-ethyl adjacent to an activating group) is 1. The third-order valence-corrected chi connectivity index (χ3v) is 3.75. The van der Waals surface area contributed by atoms with E-state index in [1.165, 1.54) is 6.20 Å². The van der Waals surface area contributed by atoms with Crippen LogP contribution in [0.1, 0.15) is 23.2 Å². The number of hydrogen-bond acceptors (Lipinski definition) is 3. The molecule has 1 fully saturated rings. The summed E-state index contributed by atoms with van der Waals surface area (Å²) in [6.07, 6.45) is 2.63. The zero-order chi connectivity index (χ0) is 14.0. The third kappa shape index (κ3) is 3.45. The molecule has 1 N–H and O–H groups in total. The molecule has 2 heterocycles. The molecule has 0 aromatic carbocycles. The van der Waals surface area contributed by atoms with E-state index in [0.29, 0.717) is 29.4 Å². The van der Waals surface area contributed by atoms with Crippen LogP contribution < -0.4 is 5.32 Å². The molecule has 19 heavy (non-hydrogen) atoms. The van der Waals surface area contributed by atoms with Crippen LogP contribution in [-0.4, -0.2) is 41.3 Å². The zero-order valence-electron chi connectivity index (χ0n) is 10.3. The smallest absolute Gasteiger partial charge is 0.254 e. The number of amides is 2. The molecule has 1 aliphatic rings. The molecule has 2 rings (SSSR count). The number of nitrogens with one attached hydrogen (secondary N) is 1. The maximum absolute atomic E-state index is 12.1. The predicted octanol–water partition coefficient (Wildman–Crippen LogP) is 1.85. The average molecular weight is 347 g/mol. The van der Waals surface area contributed by atoms with Gasteiger partial charge in [0.15, 0.2) is 0 Å². The Bertz CT molecular complexity index is 524. The van der Waals surface area contributed by atoms with Crippen molar-refractivity contribution < 1.29 is 9.59 Å². The first kappa shape index (κ1) is 14.3. The summed E-state index contributed by atoms with van der Waals surface area (Å²) < 4.78 is 0.693. The van der Waals surface area contributed by atoms with Crippen LogP contribution in [0.25, 0.3) is 0 Å². The quantitative estimate of drug-likeness (QED) is 0.831. The van der Waals surface area contributed by atoms with Gasteiger partial charge in [0.2, 0.25) is 5.91 Å². The molecule has 1 aromatic heterocycles. The number of halogens is 2. The van der Waals surface area contributed by atoms with Crippen LogP contribution in [0, 0.1) is 0 Å². The van der Waals surface area contributed by atoms with Crippen molar-refractivity contribution in [1.29, 1.82) is 0 Å². The molecule has 0 saturated carbocycles. The van der Waals surface area contributed by atoms with E-state index in [1.54, 1.807) is 18.0 Å². The zero-order valence-corrected chi connectivity index (χ0v) is 12.7. The van der Waals surface area contributed by atoms with Crippen LogP contribution in [-0.2, 0) is 4.79 Å². The van der Waals surface area contributed by atoms with Crippen molar-refractivity contribution in [3.63, 3.8) is 0 Å². The summed E-state index contributed by atoms with van der Waals surface area (Å²) in [5.74, 6) is -0.167. The van der Waals surface area contributed by atoms with Crippen LogP contribution >= 0.6 is 27.5 Å². The van der Waals surface area contributed by atoms with Gasteiger partial charge < -0.3 is 10.2 Å². The van der Waals surface area contributed by atoms with Gasteiger partial charge in [-0.3, -0.25) is 9.59 Å². The molecular formula is C12H13BrClN3O2. The number of hydrogen-bond donors (Lipinski definition) is 1. The number of carbonyl (C=O) groups is 2. The molecule has 2 amide bonds. The van der Waals surface area contributed by atoms with Crippen molar-refractivity contribution in [3.05, 3.63) is 27.5 Å². The second-order valence-electron chi connectivity index (χ2n) is 4.48. The van der Waals surface area contributed by atoms with Crippen molar-refractivity contribution in [2.75, 3.05) is 13.6 Å². The molecule has 7 heteroatoms. The summed E-state index contributed by atoms with van der Waals surface area (Å²) in [4.78, 5) is 29.0.